The summed E-state index contributed by atoms with van der Waals surface area (Å²) >= 11 is 5.89. The van der Waals surface area contributed by atoms with Gasteiger partial charge in [0.15, 0.2) is 0 Å². The van der Waals surface area contributed by atoms with Crippen molar-refractivity contribution in [3.8, 4) is 0 Å². The van der Waals surface area contributed by atoms with Crippen LogP contribution in [-0.2, 0) is 0 Å². The second-order valence-corrected chi connectivity index (χ2v) is 5.19. The standard InChI is InChI=1S/C13H17ClN2O/c1-16(8-9-3-2-4-9)13(17)10-5-11(14)7-12(15)6-10/h5-7,9H,2-4,8,15H2,1H3. The van der Waals surface area contributed by atoms with Crippen molar-refractivity contribution in [2.45, 2.75) is 19.3 Å². The van der Waals surface area contributed by atoms with Crippen LogP contribution in [0.2, 0.25) is 5.02 Å². The molecule has 1 aromatic rings. The highest BCUT2D eigenvalue weighted by atomic mass is 35.5. The number of hydrogen-bond acceptors (Lipinski definition) is 2. The van der Waals surface area contributed by atoms with Gasteiger partial charge in [0, 0.05) is 29.9 Å². The Bertz CT molecular complexity index is 409. The Morgan fingerprint density at radius 1 is 1.47 bits per heavy atom. The summed E-state index contributed by atoms with van der Waals surface area (Å²) in [7, 11) is 1.83. The van der Waals surface area contributed by atoms with Crippen molar-refractivity contribution in [2.75, 3.05) is 19.3 Å². The molecule has 0 saturated heterocycles. The van der Waals surface area contributed by atoms with Crippen molar-refractivity contribution in [3.05, 3.63) is 28.8 Å². The van der Waals surface area contributed by atoms with Gasteiger partial charge in [0.1, 0.15) is 0 Å². The molecule has 17 heavy (non-hydrogen) atoms. The van der Waals surface area contributed by atoms with E-state index in [-0.39, 0.29) is 5.91 Å². The van der Waals surface area contributed by atoms with E-state index in [4.69, 9.17) is 17.3 Å². The van der Waals surface area contributed by atoms with Crippen molar-refractivity contribution < 1.29 is 4.79 Å². The molecule has 4 heteroatoms. The maximum absolute atomic E-state index is 12.1. The molecule has 1 aliphatic rings. The van der Waals surface area contributed by atoms with Crippen LogP contribution in [0.15, 0.2) is 18.2 Å². The molecular weight excluding hydrogens is 236 g/mol. The Morgan fingerprint density at radius 3 is 2.71 bits per heavy atom. The molecule has 0 atom stereocenters. The van der Waals surface area contributed by atoms with Crippen LogP contribution in [0.5, 0.6) is 0 Å². The molecule has 2 N–H and O–H groups in total. The lowest BCUT2D eigenvalue weighted by molar-refractivity contribution is 0.0745. The summed E-state index contributed by atoms with van der Waals surface area (Å²) in [4.78, 5) is 13.9. The number of benzene rings is 1. The first-order valence-corrected chi connectivity index (χ1v) is 6.25. The molecule has 0 heterocycles. The molecule has 92 valence electrons. The van der Waals surface area contributed by atoms with Crippen LogP contribution < -0.4 is 5.73 Å². The third-order valence-electron chi connectivity index (χ3n) is 3.27. The van der Waals surface area contributed by atoms with Gasteiger partial charge in [-0.1, -0.05) is 18.0 Å². The molecule has 0 aliphatic heterocycles. The number of anilines is 1. The number of nitrogen functional groups attached to an aromatic ring is 1. The summed E-state index contributed by atoms with van der Waals surface area (Å²) in [6, 6.07) is 4.98. The van der Waals surface area contributed by atoms with Crippen molar-refractivity contribution in [3.63, 3.8) is 0 Å². The largest absolute Gasteiger partial charge is 0.399 e. The van der Waals surface area contributed by atoms with Crippen LogP contribution in [0.3, 0.4) is 0 Å². The maximum atomic E-state index is 12.1. The molecule has 1 amide bonds. The van der Waals surface area contributed by atoms with Gasteiger partial charge in [-0.2, -0.15) is 0 Å². The van der Waals surface area contributed by atoms with Gasteiger partial charge in [0.05, 0.1) is 0 Å². The smallest absolute Gasteiger partial charge is 0.253 e. The maximum Gasteiger partial charge on any atom is 0.253 e. The summed E-state index contributed by atoms with van der Waals surface area (Å²) in [5.41, 5.74) is 6.77. The molecule has 1 aromatic carbocycles. The number of carbonyl (C=O) groups excluding carboxylic acids is 1. The van der Waals surface area contributed by atoms with Gasteiger partial charge in [-0.25, -0.2) is 0 Å². The van der Waals surface area contributed by atoms with E-state index in [0.717, 1.165) is 6.54 Å². The summed E-state index contributed by atoms with van der Waals surface area (Å²) in [6.07, 6.45) is 3.75. The van der Waals surface area contributed by atoms with E-state index in [1.54, 1.807) is 23.1 Å². The second-order valence-electron chi connectivity index (χ2n) is 4.76. The van der Waals surface area contributed by atoms with Crippen LogP contribution in [0.25, 0.3) is 0 Å². The zero-order chi connectivity index (χ0) is 12.4. The number of amides is 1. The van der Waals surface area contributed by atoms with Gasteiger partial charge in [0.25, 0.3) is 5.91 Å². The minimum absolute atomic E-state index is 0.00824. The number of hydrogen-bond donors (Lipinski definition) is 1. The summed E-state index contributed by atoms with van der Waals surface area (Å²) in [6.45, 7) is 0.825. The van der Waals surface area contributed by atoms with Gasteiger partial charge in [0.2, 0.25) is 0 Å². The summed E-state index contributed by atoms with van der Waals surface area (Å²) in [5, 5.41) is 0.505. The first-order valence-electron chi connectivity index (χ1n) is 5.88. The Morgan fingerprint density at radius 2 is 2.18 bits per heavy atom. The van der Waals surface area contributed by atoms with Crippen molar-refractivity contribution >= 4 is 23.2 Å². The minimum Gasteiger partial charge on any atom is -0.399 e. The van der Waals surface area contributed by atoms with E-state index in [1.165, 1.54) is 19.3 Å². The molecule has 0 spiro atoms. The fourth-order valence-corrected chi connectivity index (χ4v) is 2.35. The lowest BCUT2D eigenvalue weighted by Crippen LogP contribution is -2.34. The predicted molar refractivity (Wildman–Crippen MR) is 70.2 cm³/mol. The van der Waals surface area contributed by atoms with Crippen molar-refractivity contribution in [2.24, 2.45) is 5.92 Å². The molecule has 0 bridgehead atoms. The van der Waals surface area contributed by atoms with Crippen LogP contribution in [0.4, 0.5) is 5.69 Å². The van der Waals surface area contributed by atoms with Gasteiger partial charge in [-0.15, -0.1) is 0 Å². The van der Waals surface area contributed by atoms with E-state index in [1.807, 2.05) is 7.05 Å². The Hall–Kier alpha value is -1.22. The van der Waals surface area contributed by atoms with Crippen molar-refractivity contribution in [1.82, 2.24) is 4.90 Å². The number of nitrogens with two attached hydrogens (primary N) is 1. The number of halogens is 1. The molecule has 0 aromatic heterocycles. The first kappa shape index (κ1) is 12.2. The molecule has 1 aliphatic carbocycles. The molecule has 3 nitrogen and oxygen atoms in total. The molecule has 1 saturated carbocycles. The van der Waals surface area contributed by atoms with Gasteiger partial charge >= 0.3 is 0 Å². The number of rotatable bonds is 3. The highest BCUT2D eigenvalue weighted by molar-refractivity contribution is 6.31. The van der Waals surface area contributed by atoms with Gasteiger partial charge in [-0.3, -0.25) is 4.79 Å². The number of carbonyl (C=O) groups is 1. The molecule has 2 rings (SSSR count). The third kappa shape index (κ3) is 2.91. The monoisotopic (exact) mass is 252 g/mol. The van der Waals surface area contributed by atoms with E-state index in [2.05, 4.69) is 0 Å². The zero-order valence-electron chi connectivity index (χ0n) is 9.95. The molecular formula is C13H17ClN2O. The summed E-state index contributed by atoms with van der Waals surface area (Å²) in [5.74, 6) is 0.659. The van der Waals surface area contributed by atoms with Crippen LogP contribution in [0, 0.1) is 5.92 Å². The van der Waals surface area contributed by atoms with Crippen LogP contribution in [-0.4, -0.2) is 24.4 Å². The number of nitrogens with zero attached hydrogens (tertiary/aromatic N) is 1. The topological polar surface area (TPSA) is 46.3 Å². The predicted octanol–water partition coefficient (Wildman–Crippen LogP) is 2.79. The van der Waals surface area contributed by atoms with Gasteiger partial charge < -0.3 is 10.6 Å². The quantitative estimate of drug-likeness (QED) is 0.841. The van der Waals surface area contributed by atoms with E-state index < -0.39 is 0 Å². The Labute approximate surface area is 107 Å². The van der Waals surface area contributed by atoms with E-state index >= 15 is 0 Å². The van der Waals surface area contributed by atoms with E-state index in [9.17, 15) is 4.79 Å². The normalized spacial score (nSPS) is 15.4. The SMILES string of the molecule is CN(CC1CCC1)C(=O)c1cc(N)cc(Cl)c1. The average molecular weight is 253 g/mol. The lowest BCUT2D eigenvalue weighted by Gasteiger charge is -2.30. The third-order valence-corrected chi connectivity index (χ3v) is 3.49. The Balaban J connectivity index is 2.06. The molecule has 0 unspecified atom stereocenters. The highest BCUT2D eigenvalue weighted by Gasteiger charge is 2.22. The Kier molecular flexibility index (Phi) is 3.57. The summed E-state index contributed by atoms with van der Waals surface area (Å²) < 4.78 is 0. The first-order chi connectivity index (χ1) is 8.06. The molecule has 0 radical (unpaired) electrons. The second kappa shape index (κ2) is 4.96. The minimum atomic E-state index is -0.00824. The highest BCUT2D eigenvalue weighted by Crippen LogP contribution is 2.27. The van der Waals surface area contributed by atoms with Crippen LogP contribution >= 0.6 is 11.6 Å². The van der Waals surface area contributed by atoms with Crippen LogP contribution in [0.1, 0.15) is 29.6 Å². The fraction of sp³-hybridized carbons (Fsp3) is 0.462. The lowest BCUT2D eigenvalue weighted by atomic mass is 9.85. The fourth-order valence-electron chi connectivity index (χ4n) is 2.10. The van der Waals surface area contributed by atoms with Crippen molar-refractivity contribution in [1.29, 1.82) is 0 Å². The van der Waals surface area contributed by atoms with Gasteiger partial charge in [-0.05, 0) is 37.0 Å². The van der Waals surface area contributed by atoms with E-state index in [0.29, 0.717) is 22.2 Å². The molecule has 1 fully saturated rings. The zero-order valence-corrected chi connectivity index (χ0v) is 10.7. The average Bonchev–Trinajstić information content (AvgIpc) is 2.20.